The van der Waals surface area contributed by atoms with Crippen molar-refractivity contribution in [3.8, 4) is 0 Å². The van der Waals surface area contributed by atoms with Gasteiger partial charge >= 0.3 is 0 Å². The van der Waals surface area contributed by atoms with Gasteiger partial charge in [-0.05, 0) is 25.5 Å². The van der Waals surface area contributed by atoms with E-state index in [9.17, 15) is 17.6 Å². The molecule has 12 nitrogen and oxygen atoms in total. The summed E-state index contributed by atoms with van der Waals surface area (Å²) >= 11 is 0. The van der Waals surface area contributed by atoms with E-state index >= 15 is 0 Å². The summed E-state index contributed by atoms with van der Waals surface area (Å²) < 4.78 is 42.8. The smallest absolute Gasteiger partial charge is 0.257 e. The summed E-state index contributed by atoms with van der Waals surface area (Å²) in [6, 6.07) is 3.65. The van der Waals surface area contributed by atoms with E-state index in [1.165, 1.54) is 19.6 Å². The summed E-state index contributed by atoms with van der Waals surface area (Å²) in [6.07, 6.45) is 4.28. The molecule has 1 amide bonds. The quantitative estimate of drug-likeness (QED) is 0.404. The number of nitrogens with one attached hydrogen (secondary N) is 3. The van der Waals surface area contributed by atoms with Crippen molar-refractivity contribution < 1.29 is 22.3 Å². The first-order valence-corrected chi connectivity index (χ1v) is 15.2. The lowest BCUT2D eigenvalue weighted by atomic mass is 10.0. The van der Waals surface area contributed by atoms with E-state index in [0.29, 0.717) is 54.9 Å². The van der Waals surface area contributed by atoms with Crippen molar-refractivity contribution >= 4 is 39.0 Å². The normalized spacial score (nSPS) is 23.9. The van der Waals surface area contributed by atoms with Gasteiger partial charge in [0.05, 0.1) is 29.7 Å². The number of hydrogen-bond acceptors (Lipinski definition) is 11. The number of ether oxygens (including phenoxy) is 1. The van der Waals surface area contributed by atoms with E-state index in [1.54, 1.807) is 28.1 Å². The van der Waals surface area contributed by atoms with Crippen LogP contribution in [-0.2, 0) is 14.6 Å². The number of alkyl halides is 1. The van der Waals surface area contributed by atoms with Gasteiger partial charge in [0.1, 0.15) is 27.6 Å². The summed E-state index contributed by atoms with van der Waals surface area (Å²) in [4.78, 5) is 30.1. The summed E-state index contributed by atoms with van der Waals surface area (Å²) in [5.74, 6) is 1.25. The van der Waals surface area contributed by atoms with Crippen molar-refractivity contribution in [3.63, 3.8) is 0 Å². The van der Waals surface area contributed by atoms with Crippen LogP contribution >= 0.6 is 0 Å². The van der Waals surface area contributed by atoms with Gasteiger partial charge in [0.2, 0.25) is 5.95 Å². The number of aromatic nitrogens is 3. The topological polar surface area (TPSA) is 142 Å². The molecule has 0 aromatic carbocycles. The molecular formula is C25H35FN8O4S. The second-order valence-corrected chi connectivity index (χ2v) is 12.7. The van der Waals surface area contributed by atoms with E-state index in [4.69, 9.17) is 4.74 Å². The minimum Gasteiger partial charge on any atom is -0.380 e. The standard InChI is InChI=1S/C25H35FN8O4S/c1-38-21-5-8-33(14-19(21)26)25-28-7-4-22(32-25)31-23-9-20(30-17-3-6-27-10-17)18(11-29-23)24(35)34-12-16(13-34)15-39(2,36)37/h4,7,9,11,16-17,19,21,27H,3,5-6,8,10,12-15H2,1-2H3,(H2,28,29,30,31,32)/t17?,19-,21+/m1/s1. The summed E-state index contributed by atoms with van der Waals surface area (Å²) in [5, 5.41) is 9.96. The van der Waals surface area contributed by atoms with Crippen molar-refractivity contribution in [1.29, 1.82) is 0 Å². The monoisotopic (exact) mass is 562 g/mol. The molecule has 2 aromatic rings. The zero-order valence-electron chi connectivity index (χ0n) is 22.1. The zero-order valence-corrected chi connectivity index (χ0v) is 23.0. The van der Waals surface area contributed by atoms with Gasteiger partial charge in [0.25, 0.3) is 5.91 Å². The van der Waals surface area contributed by atoms with Crippen molar-refractivity contribution in [3.05, 3.63) is 30.1 Å². The molecule has 0 spiro atoms. The summed E-state index contributed by atoms with van der Waals surface area (Å²) in [5.41, 5.74) is 1.08. The van der Waals surface area contributed by atoms with Gasteiger partial charge in [-0.2, -0.15) is 4.98 Å². The number of hydrogen-bond donors (Lipinski definition) is 3. The number of likely N-dealkylation sites (tertiary alicyclic amines) is 1. The SMILES string of the molecule is CO[C@H]1CCN(c2nccc(Nc3cc(NC4CCNC4)c(C(=O)N4CC(CS(C)(=O)=O)C4)cn3)n2)C[C@H]1F. The second-order valence-electron chi connectivity index (χ2n) is 10.5. The maximum Gasteiger partial charge on any atom is 0.257 e. The fraction of sp³-hybridized carbons (Fsp3) is 0.600. The van der Waals surface area contributed by atoms with Crippen molar-refractivity contribution in [2.75, 3.05) is 73.9 Å². The van der Waals surface area contributed by atoms with Gasteiger partial charge in [0.15, 0.2) is 0 Å². The highest BCUT2D eigenvalue weighted by Gasteiger charge is 2.35. The molecule has 3 fully saturated rings. The lowest BCUT2D eigenvalue weighted by Crippen LogP contribution is -2.52. The first kappa shape index (κ1) is 27.5. The Labute approximate surface area is 227 Å². The van der Waals surface area contributed by atoms with Gasteiger partial charge in [-0.3, -0.25) is 4.79 Å². The molecule has 39 heavy (non-hydrogen) atoms. The molecule has 1 unspecified atom stereocenters. The van der Waals surface area contributed by atoms with Crippen LogP contribution in [0.3, 0.4) is 0 Å². The van der Waals surface area contributed by atoms with Crippen LogP contribution in [0.4, 0.5) is 27.7 Å². The van der Waals surface area contributed by atoms with E-state index in [1.807, 2.05) is 0 Å². The summed E-state index contributed by atoms with van der Waals surface area (Å²) in [7, 11) is -1.57. The molecule has 212 valence electrons. The predicted octanol–water partition coefficient (Wildman–Crippen LogP) is 1.07. The largest absolute Gasteiger partial charge is 0.380 e. The molecule has 0 aliphatic carbocycles. The third kappa shape index (κ3) is 6.73. The Balaban J connectivity index is 1.31. The molecule has 2 aromatic heterocycles. The van der Waals surface area contributed by atoms with Crippen LogP contribution < -0.4 is 20.9 Å². The number of carbonyl (C=O) groups excluding carboxylic acids is 1. The fourth-order valence-electron chi connectivity index (χ4n) is 5.28. The van der Waals surface area contributed by atoms with Gasteiger partial charge in [0, 0.05) is 70.0 Å². The van der Waals surface area contributed by atoms with Crippen LogP contribution in [0.15, 0.2) is 24.5 Å². The molecule has 3 N–H and O–H groups in total. The number of methoxy groups -OCH3 is 1. The third-order valence-electron chi connectivity index (χ3n) is 7.30. The molecule has 3 aliphatic heterocycles. The van der Waals surface area contributed by atoms with Crippen LogP contribution in [-0.4, -0.2) is 111 Å². The van der Waals surface area contributed by atoms with Gasteiger partial charge < -0.3 is 30.5 Å². The number of piperidine rings is 1. The highest BCUT2D eigenvalue weighted by atomic mass is 32.2. The minimum absolute atomic E-state index is 0.0480. The molecule has 3 atom stereocenters. The first-order chi connectivity index (χ1) is 18.7. The highest BCUT2D eigenvalue weighted by Crippen LogP contribution is 2.28. The van der Waals surface area contributed by atoms with Gasteiger partial charge in [-0.25, -0.2) is 22.8 Å². The molecule has 3 saturated heterocycles. The molecule has 5 rings (SSSR count). The number of sulfone groups is 1. The van der Waals surface area contributed by atoms with Crippen LogP contribution in [0.25, 0.3) is 0 Å². The van der Waals surface area contributed by atoms with E-state index in [0.717, 1.165) is 19.5 Å². The van der Waals surface area contributed by atoms with Crippen LogP contribution in [0.2, 0.25) is 0 Å². The number of halogens is 1. The molecule has 3 aliphatic rings. The number of pyridine rings is 1. The van der Waals surface area contributed by atoms with E-state index < -0.39 is 22.1 Å². The maximum absolute atomic E-state index is 14.4. The average Bonchev–Trinajstić information content (AvgIpc) is 3.38. The Morgan fingerprint density at radius 2 is 2.05 bits per heavy atom. The van der Waals surface area contributed by atoms with Crippen LogP contribution in [0, 0.1) is 5.92 Å². The van der Waals surface area contributed by atoms with Gasteiger partial charge in [-0.1, -0.05) is 0 Å². The molecule has 0 bridgehead atoms. The number of nitrogens with zero attached hydrogens (tertiary/aromatic N) is 5. The fourth-order valence-corrected chi connectivity index (χ4v) is 6.35. The molecule has 0 saturated carbocycles. The number of anilines is 4. The Morgan fingerprint density at radius 3 is 2.74 bits per heavy atom. The predicted molar refractivity (Wildman–Crippen MR) is 146 cm³/mol. The maximum atomic E-state index is 14.4. The Morgan fingerprint density at radius 1 is 1.23 bits per heavy atom. The second kappa shape index (κ2) is 11.6. The lowest BCUT2D eigenvalue weighted by Gasteiger charge is -2.39. The highest BCUT2D eigenvalue weighted by molar-refractivity contribution is 7.90. The average molecular weight is 563 g/mol. The molecule has 14 heteroatoms. The molecule has 5 heterocycles. The van der Waals surface area contributed by atoms with E-state index in [2.05, 4.69) is 30.9 Å². The Bertz CT molecular complexity index is 1290. The minimum atomic E-state index is -3.09. The van der Waals surface area contributed by atoms with E-state index in [-0.39, 0.29) is 30.2 Å². The number of rotatable bonds is 9. The summed E-state index contributed by atoms with van der Waals surface area (Å²) in [6.45, 7) is 3.22. The van der Waals surface area contributed by atoms with Crippen molar-refractivity contribution in [2.45, 2.75) is 31.2 Å². The van der Waals surface area contributed by atoms with Gasteiger partial charge in [-0.15, -0.1) is 0 Å². The Hall–Kier alpha value is -3.10. The molecular weight excluding hydrogens is 527 g/mol. The van der Waals surface area contributed by atoms with Crippen LogP contribution in [0.1, 0.15) is 23.2 Å². The zero-order chi connectivity index (χ0) is 27.6. The number of amides is 1. The number of carbonyl (C=O) groups is 1. The lowest BCUT2D eigenvalue weighted by molar-refractivity contribution is 0.0194. The third-order valence-corrected chi connectivity index (χ3v) is 8.38. The van der Waals surface area contributed by atoms with Crippen molar-refractivity contribution in [1.82, 2.24) is 25.2 Å². The first-order valence-electron chi connectivity index (χ1n) is 13.1. The van der Waals surface area contributed by atoms with Crippen LogP contribution in [0.5, 0.6) is 0 Å². The molecule has 0 radical (unpaired) electrons. The Kier molecular flexibility index (Phi) is 8.14. The van der Waals surface area contributed by atoms with Crippen molar-refractivity contribution in [2.24, 2.45) is 5.92 Å².